The predicted octanol–water partition coefficient (Wildman–Crippen LogP) is 2.17. The number of aryl methyl sites for hydroxylation is 1. The van der Waals surface area contributed by atoms with Crippen LogP contribution in [0.3, 0.4) is 0 Å². The summed E-state index contributed by atoms with van der Waals surface area (Å²) in [6.07, 6.45) is 1.95. The van der Waals surface area contributed by atoms with E-state index in [9.17, 15) is 9.59 Å². The Morgan fingerprint density at radius 3 is 2.75 bits per heavy atom. The molecule has 7 heteroatoms. The smallest absolute Gasteiger partial charge is 0.264 e. The van der Waals surface area contributed by atoms with Crippen molar-refractivity contribution in [3.63, 3.8) is 0 Å². The van der Waals surface area contributed by atoms with Gasteiger partial charge in [-0.15, -0.1) is 11.3 Å². The van der Waals surface area contributed by atoms with Gasteiger partial charge >= 0.3 is 0 Å². The Bertz CT molecular complexity index is 902. The summed E-state index contributed by atoms with van der Waals surface area (Å²) in [5, 5.41) is 5.65. The number of nitrogens with one attached hydrogen (secondary N) is 2. The van der Waals surface area contributed by atoms with Gasteiger partial charge in [0.1, 0.15) is 11.4 Å². The van der Waals surface area contributed by atoms with Gasteiger partial charge in [0.05, 0.1) is 5.01 Å². The SMILES string of the molecule is Cc1csc(CCNC(=O)c2cnc(-c3ccccc3)[nH]c2=O)n1. The molecule has 0 aliphatic rings. The van der Waals surface area contributed by atoms with Gasteiger partial charge in [-0.25, -0.2) is 9.97 Å². The van der Waals surface area contributed by atoms with E-state index >= 15 is 0 Å². The first-order chi connectivity index (χ1) is 11.6. The van der Waals surface area contributed by atoms with Crippen LogP contribution in [0.25, 0.3) is 11.4 Å². The van der Waals surface area contributed by atoms with Gasteiger partial charge < -0.3 is 10.3 Å². The molecule has 0 spiro atoms. The second-order valence-electron chi connectivity index (χ2n) is 5.23. The monoisotopic (exact) mass is 340 g/mol. The number of H-pyrrole nitrogens is 1. The summed E-state index contributed by atoms with van der Waals surface area (Å²) in [6, 6.07) is 9.28. The number of aromatic nitrogens is 3. The standard InChI is InChI=1S/C17H16N4O2S/c1-11-10-24-14(20-11)7-8-18-16(22)13-9-19-15(21-17(13)23)12-5-3-2-4-6-12/h2-6,9-10H,7-8H2,1H3,(H,18,22)(H,19,21,23). The maximum absolute atomic E-state index is 12.1. The highest BCUT2D eigenvalue weighted by molar-refractivity contribution is 7.09. The Morgan fingerprint density at radius 1 is 1.29 bits per heavy atom. The lowest BCUT2D eigenvalue weighted by Gasteiger charge is -2.05. The van der Waals surface area contributed by atoms with Crippen LogP contribution in [0.5, 0.6) is 0 Å². The van der Waals surface area contributed by atoms with E-state index in [4.69, 9.17) is 0 Å². The molecule has 2 heterocycles. The molecule has 0 bridgehead atoms. The predicted molar refractivity (Wildman–Crippen MR) is 93.2 cm³/mol. The fraction of sp³-hybridized carbons (Fsp3) is 0.176. The molecule has 3 aromatic rings. The van der Waals surface area contributed by atoms with Gasteiger partial charge in [-0.1, -0.05) is 30.3 Å². The number of carbonyl (C=O) groups is 1. The van der Waals surface area contributed by atoms with Gasteiger partial charge in [-0.3, -0.25) is 9.59 Å². The number of carbonyl (C=O) groups excluding carboxylic acids is 1. The molecule has 122 valence electrons. The summed E-state index contributed by atoms with van der Waals surface area (Å²) < 4.78 is 0. The average Bonchev–Trinajstić information content (AvgIpc) is 3.00. The molecule has 1 aromatic carbocycles. The van der Waals surface area contributed by atoms with Gasteiger partial charge in [0.25, 0.3) is 11.5 Å². The number of aromatic amines is 1. The lowest BCUT2D eigenvalue weighted by atomic mass is 10.2. The number of hydrogen-bond donors (Lipinski definition) is 2. The minimum absolute atomic E-state index is 0.00463. The Hall–Kier alpha value is -2.80. The van der Waals surface area contributed by atoms with Crippen LogP contribution in [0.15, 0.2) is 46.7 Å². The van der Waals surface area contributed by atoms with E-state index in [1.165, 1.54) is 6.20 Å². The van der Waals surface area contributed by atoms with Crippen LogP contribution >= 0.6 is 11.3 Å². The first kappa shape index (κ1) is 16.1. The number of benzene rings is 1. The molecule has 0 fully saturated rings. The quantitative estimate of drug-likeness (QED) is 0.745. The number of nitrogens with zero attached hydrogens (tertiary/aromatic N) is 2. The molecule has 1 amide bonds. The summed E-state index contributed by atoms with van der Waals surface area (Å²) in [5.74, 6) is 0.00653. The fourth-order valence-electron chi connectivity index (χ4n) is 2.20. The van der Waals surface area contributed by atoms with E-state index in [0.717, 1.165) is 16.3 Å². The van der Waals surface area contributed by atoms with Gasteiger partial charge in [-0.05, 0) is 6.92 Å². The molecular weight excluding hydrogens is 324 g/mol. The Kier molecular flexibility index (Phi) is 4.81. The van der Waals surface area contributed by atoms with E-state index in [1.807, 2.05) is 42.6 Å². The van der Waals surface area contributed by atoms with Gasteiger partial charge in [0, 0.05) is 35.8 Å². The van der Waals surface area contributed by atoms with E-state index in [0.29, 0.717) is 18.8 Å². The fourth-order valence-corrected chi connectivity index (χ4v) is 2.97. The first-order valence-corrected chi connectivity index (χ1v) is 8.35. The van der Waals surface area contributed by atoms with Crippen molar-refractivity contribution in [2.24, 2.45) is 0 Å². The number of rotatable bonds is 5. The van der Waals surface area contributed by atoms with Gasteiger partial charge in [0.2, 0.25) is 0 Å². The molecule has 0 unspecified atom stereocenters. The Morgan fingerprint density at radius 2 is 2.08 bits per heavy atom. The summed E-state index contributed by atoms with van der Waals surface area (Å²) >= 11 is 1.56. The van der Waals surface area contributed by atoms with Gasteiger partial charge in [-0.2, -0.15) is 0 Å². The molecule has 0 atom stereocenters. The minimum atomic E-state index is -0.452. The zero-order chi connectivity index (χ0) is 16.9. The zero-order valence-corrected chi connectivity index (χ0v) is 13.9. The number of hydrogen-bond acceptors (Lipinski definition) is 5. The molecule has 0 saturated carbocycles. The van der Waals surface area contributed by atoms with Crippen molar-refractivity contribution < 1.29 is 4.79 Å². The van der Waals surface area contributed by atoms with Crippen LogP contribution in [0.4, 0.5) is 0 Å². The molecular formula is C17H16N4O2S. The van der Waals surface area contributed by atoms with Crippen molar-refractivity contribution in [3.8, 4) is 11.4 Å². The van der Waals surface area contributed by atoms with Crippen molar-refractivity contribution >= 4 is 17.2 Å². The van der Waals surface area contributed by atoms with Crippen LogP contribution in [0.1, 0.15) is 21.1 Å². The lowest BCUT2D eigenvalue weighted by molar-refractivity contribution is 0.0952. The van der Waals surface area contributed by atoms with Crippen LogP contribution in [-0.4, -0.2) is 27.4 Å². The maximum atomic E-state index is 12.1. The van der Waals surface area contributed by atoms with Crippen molar-refractivity contribution in [2.45, 2.75) is 13.3 Å². The molecule has 6 nitrogen and oxygen atoms in total. The Labute approximate surface area is 142 Å². The maximum Gasteiger partial charge on any atom is 0.264 e. The van der Waals surface area contributed by atoms with Crippen molar-refractivity contribution in [2.75, 3.05) is 6.54 Å². The highest BCUT2D eigenvalue weighted by Gasteiger charge is 2.12. The van der Waals surface area contributed by atoms with Crippen LogP contribution in [0, 0.1) is 6.92 Å². The third kappa shape index (κ3) is 3.75. The first-order valence-electron chi connectivity index (χ1n) is 7.47. The summed E-state index contributed by atoms with van der Waals surface area (Å²) in [6.45, 7) is 2.35. The number of thiazole rings is 1. The molecule has 2 N–H and O–H groups in total. The van der Waals surface area contributed by atoms with Crippen molar-refractivity contribution in [3.05, 3.63) is 68.5 Å². The third-order valence-corrected chi connectivity index (χ3v) is 4.41. The highest BCUT2D eigenvalue weighted by atomic mass is 32.1. The second kappa shape index (κ2) is 7.18. The van der Waals surface area contributed by atoms with E-state index in [2.05, 4.69) is 20.3 Å². The van der Waals surface area contributed by atoms with Crippen LogP contribution in [0.2, 0.25) is 0 Å². The topological polar surface area (TPSA) is 87.7 Å². The van der Waals surface area contributed by atoms with Crippen molar-refractivity contribution in [1.29, 1.82) is 0 Å². The summed E-state index contributed by atoms with van der Waals surface area (Å²) in [4.78, 5) is 35.4. The molecule has 3 rings (SSSR count). The van der Waals surface area contributed by atoms with E-state index in [-0.39, 0.29) is 5.56 Å². The second-order valence-corrected chi connectivity index (χ2v) is 6.17. The number of amides is 1. The molecule has 0 radical (unpaired) electrons. The molecule has 2 aromatic heterocycles. The summed E-state index contributed by atoms with van der Waals surface area (Å²) in [5.41, 5.74) is 1.32. The minimum Gasteiger partial charge on any atom is -0.351 e. The third-order valence-electron chi connectivity index (χ3n) is 3.38. The zero-order valence-electron chi connectivity index (χ0n) is 13.1. The van der Waals surface area contributed by atoms with Crippen LogP contribution < -0.4 is 10.9 Å². The Balaban J connectivity index is 1.66. The highest BCUT2D eigenvalue weighted by Crippen LogP contribution is 2.11. The molecule has 0 aliphatic carbocycles. The summed E-state index contributed by atoms with van der Waals surface area (Å²) in [7, 11) is 0. The largest absolute Gasteiger partial charge is 0.351 e. The lowest BCUT2D eigenvalue weighted by Crippen LogP contribution is -2.31. The van der Waals surface area contributed by atoms with E-state index in [1.54, 1.807) is 11.3 Å². The van der Waals surface area contributed by atoms with E-state index < -0.39 is 11.5 Å². The average molecular weight is 340 g/mol. The molecule has 0 aliphatic heterocycles. The van der Waals surface area contributed by atoms with Crippen molar-refractivity contribution in [1.82, 2.24) is 20.3 Å². The molecule has 0 saturated heterocycles. The van der Waals surface area contributed by atoms with Crippen LogP contribution in [-0.2, 0) is 6.42 Å². The van der Waals surface area contributed by atoms with Gasteiger partial charge in [0.15, 0.2) is 0 Å². The molecule has 24 heavy (non-hydrogen) atoms. The normalized spacial score (nSPS) is 10.5.